The molecule has 1 aliphatic heterocycles. The molecule has 3 atom stereocenters. The van der Waals surface area contributed by atoms with Crippen molar-refractivity contribution < 1.29 is 29.7 Å². The minimum atomic E-state index is -1.29. The Labute approximate surface area is 197 Å². The Balaban J connectivity index is 2.13. The molecule has 1 unspecified atom stereocenters. The summed E-state index contributed by atoms with van der Waals surface area (Å²) >= 11 is 0. The first-order valence-electron chi connectivity index (χ1n) is 11.0. The monoisotopic (exact) mass is 470 g/mol. The number of benzene rings is 2. The maximum absolute atomic E-state index is 13.2. The number of nitrogens with one attached hydrogen (secondary N) is 1. The number of carboxylic acid groups (broad SMARTS) is 1. The van der Waals surface area contributed by atoms with E-state index >= 15 is 0 Å². The lowest BCUT2D eigenvalue weighted by Crippen LogP contribution is -2.55. The minimum absolute atomic E-state index is 0.0157. The number of carbonyl (C=O) groups excluding carboxylic acids is 2. The number of fused-ring (bicyclic) bond motifs is 5. The van der Waals surface area contributed by atoms with Gasteiger partial charge in [0, 0.05) is 19.9 Å². The van der Waals surface area contributed by atoms with Gasteiger partial charge in [-0.1, -0.05) is 12.1 Å². The van der Waals surface area contributed by atoms with E-state index in [9.17, 15) is 29.7 Å². The lowest BCUT2D eigenvalue weighted by molar-refractivity contribution is -0.150. The molecule has 0 radical (unpaired) electrons. The van der Waals surface area contributed by atoms with Gasteiger partial charge in [-0.2, -0.15) is 0 Å². The molecule has 4 bridgehead atoms. The molecule has 0 saturated heterocycles. The molecule has 2 amide bonds. The van der Waals surface area contributed by atoms with Crippen molar-refractivity contribution in [3.05, 3.63) is 47.5 Å². The third-order valence-corrected chi connectivity index (χ3v) is 6.09. The minimum Gasteiger partial charge on any atom is -0.508 e. The SMILES string of the molecule is CN1C(=O)[C@H](CCCN)NC(=O)C(N)Cc2cc(ccc2O)-c2ccc(O)c(c2)C[C@H]1C(=O)O. The number of nitrogens with zero attached hydrogens (tertiary/aromatic N) is 1. The van der Waals surface area contributed by atoms with Gasteiger partial charge < -0.3 is 37.0 Å². The second-order valence-electron chi connectivity index (χ2n) is 8.50. The van der Waals surface area contributed by atoms with Gasteiger partial charge in [0.15, 0.2) is 0 Å². The zero-order valence-electron chi connectivity index (χ0n) is 18.9. The molecule has 10 nitrogen and oxygen atoms in total. The summed E-state index contributed by atoms with van der Waals surface area (Å²) in [5, 5.41) is 33.2. The Morgan fingerprint density at radius 2 is 1.62 bits per heavy atom. The predicted octanol–water partition coefficient (Wildman–Crippen LogP) is 0.326. The third kappa shape index (κ3) is 5.46. The van der Waals surface area contributed by atoms with Crippen LogP contribution in [0, 0.1) is 0 Å². The number of likely N-dealkylation sites (N-methyl/N-ethyl adjacent to an activating group) is 1. The molecule has 0 fully saturated rings. The van der Waals surface area contributed by atoms with Crippen LogP contribution in [0.3, 0.4) is 0 Å². The van der Waals surface area contributed by atoms with Gasteiger partial charge in [0.25, 0.3) is 0 Å². The Hall–Kier alpha value is -3.63. The van der Waals surface area contributed by atoms with Crippen LogP contribution in [0.2, 0.25) is 0 Å². The maximum Gasteiger partial charge on any atom is 0.326 e. The summed E-state index contributed by atoms with van der Waals surface area (Å²) < 4.78 is 0. The van der Waals surface area contributed by atoms with E-state index in [1.807, 2.05) is 0 Å². The molecule has 182 valence electrons. The summed E-state index contributed by atoms with van der Waals surface area (Å²) in [7, 11) is 1.35. The largest absolute Gasteiger partial charge is 0.508 e. The highest BCUT2D eigenvalue weighted by Crippen LogP contribution is 2.31. The van der Waals surface area contributed by atoms with E-state index in [4.69, 9.17) is 11.5 Å². The van der Waals surface area contributed by atoms with Crippen LogP contribution in [-0.4, -0.2) is 69.7 Å². The van der Waals surface area contributed by atoms with Crippen LogP contribution in [-0.2, 0) is 27.2 Å². The van der Waals surface area contributed by atoms with Crippen molar-refractivity contribution in [3.63, 3.8) is 0 Å². The quantitative estimate of drug-likeness (QED) is 0.370. The van der Waals surface area contributed by atoms with Gasteiger partial charge in [-0.25, -0.2) is 4.79 Å². The number of aliphatic carboxylic acids is 1. The lowest BCUT2D eigenvalue weighted by Gasteiger charge is -2.30. The van der Waals surface area contributed by atoms with Gasteiger partial charge in [-0.3, -0.25) is 9.59 Å². The summed E-state index contributed by atoms with van der Waals surface area (Å²) in [5.41, 5.74) is 13.8. The molecule has 0 saturated carbocycles. The first-order valence-corrected chi connectivity index (χ1v) is 11.0. The number of nitrogens with two attached hydrogens (primary N) is 2. The van der Waals surface area contributed by atoms with E-state index in [2.05, 4.69) is 5.32 Å². The molecule has 3 rings (SSSR count). The lowest BCUT2D eigenvalue weighted by atomic mass is 9.95. The zero-order valence-corrected chi connectivity index (χ0v) is 18.9. The molecule has 34 heavy (non-hydrogen) atoms. The fourth-order valence-corrected chi connectivity index (χ4v) is 4.04. The van der Waals surface area contributed by atoms with Crippen LogP contribution in [0.25, 0.3) is 11.1 Å². The summed E-state index contributed by atoms with van der Waals surface area (Å²) in [6.07, 6.45) is 0.482. The molecule has 2 aromatic rings. The number of hydrogen-bond acceptors (Lipinski definition) is 7. The number of rotatable bonds is 4. The highest BCUT2D eigenvalue weighted by Gasteiger charge is 2.33. The van der Waals surface area contributed by atoms with Crippen molar-refractivity contribution in [2.45, 2.75) is 43.8 Å². The van der Waals surface area contributed by atoms with E-state index in [0.717, 1.165) is 4.90 Å². The van der Waals surface area contributed by atoms with Crippen LogP contribution >= 0.6 is 0 Å². The molecule has 0 spiro atoms. The number of carboxylic acids is 1. The Morgan fingerprint density at radius 1 is 1.06 bits per heavy atom. The van der Waals surface area contributed by atoms with Crippen molar-refractivity contribution in [2.24, 2.45) is 11.5 Å². The summed E-state index contributed by atoms with van der Waals surface area (Å²) in [5.74, 6) is -2.59. The predicted molar refractivity (Wildman–Crippen MR) is 125 cm³/mol. The molecule has 1 heterocycles. The fourth-order valence-electron chi connectivity index (χ4n) is 4.04. The number of amides is 2. The van der Waals surface area contributed by atoms with E-state index in [1.165, 1.54) is 19.2 Å². The van der Waals surface area contributed by atoms with Gasteiger partial charge in [0.1, 0.15) is 23.6 Å². The molecule has 0 aromatic heterocycles. The van der Waals surface area contributed by atoms with E-state index in [-0.39, 0.29) is 37.3 Å². The first-order chi connectivity index (χ1) is 16.1. The van der Waals surface area contributed by atoms with Crippen molar-refractivity contribution in [3.8, 4) is 22.6 Å². The van der Waals surface area contributed by atoms with E-state index in [0.29, 0.717) is 28.7 Å². The van der Waals surface area contributed by atoms with Crippen molar-refractivity contribution in [1.82, 2.24) is 10.2 Å². The smallest absolute Gasteiger partial charge is 0.326 e. The van der Waals surface area contributed by atoms with Crippen LogP contribution < -0.4 is 16.8 Å². The second-order valence-corrected chi connectivity index (χ2v) is 8.50. The van der Waals surface area contributed by atoms with E-state index < -0.39 is 35.9 Å². The van der Waals surface area contributed by atoms with Crippen LogP contribution in [0.1, 0.15) is 24.0 Å². The highest BCUT2D eigenvalue weighted by molar-refractivity contribution is 5.92. The van der Waals surface area contributed by atoms with Gasteiger partial charge in [0.05, 0.1) is 6.04 Å². The average Bonchev–Trinajstić information content (AvgIpc) is 2.80. The zero-order chi connectivity index (χ0) is 25.0. The summed E-state index contributed by atoms with van der Waals surface area (Å²) in [6.45, 7) is 0.277. The highest BCUT2D eigenvalue weighted by atomic mass is 16.4. The fraction of sp³-hybridized carbons (Fsp3) is 0.375. The Kier molecular flexibility index (Phi) is 7.75. The summed E-state index contributed by atoms with van der Waals surface area (Å²) in [4.78, 5) is 39.2. The molecular weight excluding hydrogens is 440 g/mol. The molecule has 8 N–H and O–H groups in total. The molecule has 1 aliphatic rings. The first kappa shape index (κ1) is 25.0. The Bertz CT molecular complexity index is 1090. The van der Waals surface area contributed by atoms with Crippen molar-refractivity contribution >= 4 is 17.8 Å². The summed E-state index contributed by atoms with van der Waals surface area (Å²) in [6, 6.07) is 6.23. The molecular formula is C24H30N4O6. The molecule has 10 heteroatoms. The number of phenolic OH excluding ortho intramolecular Hbond substituents is 2. The average molecular weight is 471 g/mol. The van der Waals surface area contributed by atoms with Crippen LogP contribution in [0.15, 0.2) is 36.4 Å². The normalized spacial score (nSPS) is 21.4. The number of hydrogen-bond donors (Lipinski definition) is 6. The van der Waals surface area contributed by atoms with E-state index in [1.54, 1.807) is 24.3 Å². The van der Waals surface area contributed by atoms with Crippen LogP contribution in [0.4, 0.5) is 0 Å². The van der Waals surface area contributed by atoms with Gasteiger partial charge >= 0.3 is 5.97 Å². The van der Waals surface area contributed by atoms with Crippen LogP contribution in [0.5, 0.6) is 11.5 Å². The van der Waals surface area contributed by atoms with Crippen molar-refractivity contribution in [1.29, 1.82) is 0 Å². The number of aromatic hydroxyl groups is 2. The third-order valence-electron chi connectivity index (χ3n) is 6.09. The van der Waals surface area contributed by atoms with Gasteiger partial charge in [0.2, 0.25) is 11.8 Å². The van der Waals surface area contributed by atoms with Gasteiger partial charge in [-0.05, 0) is 65.9 Å². The number of phenols is 2. The molecule has 0 aliphatic carbocycles. The van der Waals surface area contributed by atoms with Gasteiger partial charge in [-0.15, -0.1) is 0 Å². The maximum atomic E-state index is 13.2. The van der Waals surface area contributed by atoms with Crippen molar-refractivity contribution in [2.75, 3.05) is 13.6 Å². The Morgan fingerprint density at radius 3 is 2.15 bits per heavy atom. The molecule has 2 aromatic carbocycles. The topological polar surface area (TPSA) is 179 Å². The standard InChI is InChI=1S/C24H30N4O6/c1-28-19(24(33)34)12-16-10-14(5-7-21(16)30)13-4-6-20(29)15(9-13)11-17(26)22(31)27-18(23(28)32)3-2-8-25/h4-7,9-10,17-19,29-30H,2-3,8,11-12,25-26H2,1H3,(H,27,31)(H,33,34)/t17?,18-,19-/m0/s1. The number of carbonyl (C=O) groups is 3. The second kappa shape index (κ2) is 10.5.